The van der Waals surface area contributed by atoms with Gasteiger partial charge in [0.2, 0.25) is 0 Å². The fourth-order valence-electron chi connectivity index (χ4n) is 2.78. The van der Waals surface area contributed by atoms with Gasteiger partial charge in [0.25, 0.3) is 5.91 Å². The van der Waals surface area contributed by atoms with E-state index in [1.54, 1.807) is 13.0 Å². The van der Waals surface area contributed by atoms with Crippen LogP contribution in [0, 0.1) is 0 Å². The molecule has 0 bridgehead atoms. The Bertz CT molecular complexity index is 994. The van der Waals surface area contributed by atoms with Crippen LogP contribution in [0.15, 0.2) is 30.3 Å². The van der Waals surface area contributed by atoms with Crippen molar-refractivity contribution in [2.75, 3.05) is 24.3 Å². The van der Waals surface area contributed by atoms with Gasteiger partial charge in [-0.05, 0) is 37.0 Å². The van der Waals surface area contributed by atoms with Crippen molar-refractivity contribution in [3.8, 4) is 0 Å². The Morgan fingerprint density at radius 1 is 1.21 bits per heavy atom. The quantitative estimate of drug-likeness (QED) is 0.526. The number of hydrogen-bond donors (Lipinski definition) is 1. The zero-order chi connectivity index (χ0) is 21.1. The number of amides is 1. The molecule has 0 aliphatic carbocycles. The number of anilines is 2. The van der Waals surface area contributed by atoms with Crippen molar-refractivity contribution in [3.05, 3.63) is 40.8 Å². The highest BCUT2D eigenvalue weighted by Gasteiger charge is 2.22. The predicted molar refractivity (Wildman–Crippen MR) is 120 cm³/mol. The van der Waals surface area contributed by atoms with Gasteiger partial charge in [0.05, 0.1) is 4.70 Å². The second-order valence-corrected chi connectivity index (χ2v) is 9.14. The number of carbonyl (C=O) groups excluding carboxylic acids is 2. The molecule has 1 amide bonds. The lowest BCUT2D eigenvalue weighted by molar-refractivity contribution is -0.123. The lowest BCUT2D eigenvalue weighted by Crippen LogP contribution is -2.30. The highest BCUT2D eigenvalue weighted by Crippen LogP contribution is 2.34. The van der Waals surface area contributed by atoms with E-state index in [2.05, 4.69) is 24.1 Å². The van der Waals surface area contributed by atoms with Gasteiger partial charge in [0.15, 0.2) is 11.2 Å². The first-order chi connectivity index (χ1) is 13.8. The number of esters is 1. The normalized spacial score (nSPS) is 13.1. The molecule has 0 fully saturated rings. The molecule has 0 radical (unpaired) electrons. The lowest BCUT2D eigenvalue weighted by Gasteiger charge is -2.18. The van der Waals surface area contributed by atoms with E-state index in [-0.39, 0.29) is 5.91 Å². The third-order valence-corrected chi connectivity index (χ3v) is 6.99. The van der Waals surface area contributed by atoms with Crippen LogP contribution in [0.1, 0.15) is 48.3 Å². The molecule has 2 heterocycles. The van der Waals surface area contributed by atoms with Crippen molar-refractivity contribution in [2.24, 2.45) is 0 Å². The minimum Gasteiger partial charge on any atom is -0.448 e. The van der Waals surface area contributed by atoms with Crippen LogP contribution < -0.4 is 10.2 Å². The van der Waals surface area contributed by atoms with Crippen LogP contribution in [0.4, 0.5) is 10.8 Å². The SMILES string of the molecule is CCC(C)c1ccccc1NC(=O)C(C)OC(=O)c1cc2sc(N(C)C)nc2s1. The third-order valence-electron chi connectivity index (χ3n) is 4.68. The van der Waals surface area contributed by atoms with E-state index in [9.17, 15) is 9.59 Å². The molecule has 8 heteroatoms. The fraction of sp³-hybridized carbons (Fsp3) is 0.381. The molecule has 0 aliphatic heterocycles. The number of aromatic nitrogens is 1. The van der Waals surface area contributed by atoms with Crippen molar-refractivity contribution in [1.29, 1.82) is 0 Å². The molecule has 1 N–H and O–H groups in total. The smallest absolute Gasteiger partial charge is 0.349 e. The Morgan fingerprint density at radius 3 is 2.59 bits per heavy atom. The number of para-hydroxylation sites is 1. The summed E-state index contributed by atoms with van der Waals surface area (Å²) >= 11 is 2.79. The molecule has 0 saturated heterocycles. The average Bonchev–Trinajstić information content (AvgIpc) is 3.27. The van der Waals surface area contributed by atoms with E-state index in [0.717, 1.165) is 32.3 Å². The lowest BCUT2D eigenvalue weighted by atomic mass is 9.97. The van der Waals surface area contributed by atoms with E-state index in [1.165, 1.54) is 22.7 Å². The molecule has 0 aliphatic rings. The van der Waals surface area contributed by atoms with Gasteiger partial charge in [-0.3, -0.25) is 4.79 Å². The van der Waals surface area contributed by atoms with E-state index in [0.29, 0.717) is 10.8 Å². The number of fused-ring (bicyclic) bond motifs is 1. The van der Waals surface area contributed by atoms with Gasteiger partial charge in [-0.25, -0.2) is 9.78 Å². The van der Waals surface area contributed by atoms with Gasteiger partial charge < -0.3 is 15.0 Å². The summed E-state index contributed by atoms with van der Waals surface area (Å²) in [6.45, 7) is 5.81. The number of benzene rings is 1. The largest absolute Gasteiger partial charge is 0.448 e. The number of nitrogens with one attached hydrogen (secondary N) is 1. The topological polar surface area (TPSA) is 71.5 Å². The van der Waals surface area contributed by atoms with Crippen LogP contribution in [0.5, 0.6) is 0 Å². The molecule has 1 aromatic carbocycles. The van der Waals surface area contributed by atoms with Crippen LogP contribution in [-0.4, -0.2) is 37.1 Å². The number of hydrogen-bond acceptors (Lipinski definition) is 7. The minimum absolute atomic E-state index is 0.322. The summed E-state index contributed by atoms with van der Waals surface area (Å²) in [6.07, 6.45) is 0.0640. The predicted octanol–water partition coefficient (Wildman–Crippen LogP) is 5.12. The first kappa shape index (κ1) is 21.3. The fourth-order valence-corrected chi connectivity index (χ4v) is 4.80. The Hall–Kier alpha value is -2.45. The number of thiazole rings is 1. The van der Waals surface area contributed by atoms with Gasteiger partial charge in [0, 0.05) is 19.8 Å². The van der Waals surface area contributed by atoms with Crippen molar-refractivity contribution >= 4 is 54.9 Å². The molecule has 3 rings (SSSR count). The molecule has 154 valence electrons. The summed E-state index contributed by atoms with van der Waals surface area (Å²) < 4.78 is 6.34. The Morgan fingerprint density at radius 2 is 1.93 bits per heavy atom. The molecule has 0 saturated carbocycles. The standard InChI is InChI=1S/C21H25N3O3S2/c1-6-12(2)14-9-7-8-10-15(14)22-18(25)13(3)27-20(26)17-11-16-19(28-17)23-21(29-16)24(4)5/h7-13H,6H2,1-5H3,(H,22,25). The maximum absolute atomic E-state index is 12.6. The van der Waals surface area contributed by atoms with Crippen LogP contribution >= 0.6 is 22.7 Å². The molecular formula is C21H25N3O3S2. The first-order valence-corrected chi connectivity index (χ1v) is 11.1. The van der Waals surface area contributed by atoms with Crippen molar-refractivity contribution in [3.63, 3.8) is 0 Å². The summed E-state index contributed by atoms with van der Waals surface area (Å²) in [5.74, 6) is -0.534. The summed E-state index contributed by atoms with van der Waals surface area (Å²) in [5, 5.41) is 3.78. The van der Waals surface area contributed by atoms with Crippen LogP contribution in [0.2, 0.25) is 0 Å². The maximum Gasteiger partial charge on any atom is 0.349 e. The molecule has 29 heavy (non-hydrogen) atoms. The van der Waals surface area contributed by atoms with Gasteiger partial charge in [-0.15, -0.1) is 11.3 Å². The minimum atomic E-state index is -0.905. The van der Waals surface area contributed by atoms with Crippen LogP contribution in [-0.2, 0) is 9.53 Å². The molecule has 2 aromatic heterocycles. The number of thiophene rings is 1. The zero-order valence-electron chi connectivity index (χ0n) is 17.2. The molecular weight excluding hydrogens is 406 g/mol. The monoisotopic (exact) mass is 431 g/mol. The van der Waals surface area contributed by atoms with Gasteiger partial charge in [-0.2, -0.15) is 0 Å². The summed E-state index contributed by atoms with van der Waals surface area (Å²) in [6, 6.07) is 9.49. The summed E-state index contributed by atoms with van der Waals surface area (Å²) in [7, 11) is 3.86. The Balaban J connectivity index is 1.66. The number of ether oxygens (including phenoxy) is 1. The average molecular weight is 432 g/mol. The van der Waals surface area contributed by atoms with E-state index >= 15 is 0 Å². The van der Waals surface area contributed by atoms with Crippen molar-refractivity contribution in [1.82, 2.24) is 4.98 Å². The highest BCUT2D eigenvalue weighted by atomic mass is 32.1. The molecule has 2 atom stereocenters. The van der Waals surface area contributed by atoms with Gasteiger partial charge >= 0.3 is 5.97 Å². The molecule has 0 spiro atoms. The van der Waals surface area contributed by atoms with Gasteiger partial charge in [0.1, 0.15) is 9.71 Å². The van der Waals surface area contributed by atoms with Crippen LogP contribution in [0.3, 0.4) is 0 Å². The van der Waals surface area contributed by atoms with E-state index < -0.39 is 12.1 Å². The zero-order valence-corrected chi connectivity index (χ0v) is 18.8. The summed E-state index contributed by atoms with van der Waals surface area (Å²) in [4.78, 5) is 32.7. The Labute approximate surface area is 178 Å². The maximum atomic E-state index is 12.6. The van der Waals surface area contributed by atoms with Crippen LogP contribution in [0.25, 0.3) is 9.53 Å². The molecule has 6 nitrogen and oxygen atoms in total. The van der Waals surface area contributed by atoms with Gasteiger partial charge in [-0.1, -0.05) is 43.4 Å². The number of nitrogens with zero attached hydrogens (tertiary/aromatic N) is 2. The third kappa shape index (κ3) is 4.76. The number of rotatable bonds is 7. The molecule has 2 unspecified atom stereocenters. The summed E-state index contributed by atoms with van der Waals surface area (Å²) in [5.41, 5.74) is 1.83. The van der Waals surface area contributed by atoms with E-state index in [1.807, 2.05) is 43.3 Å². The second-order valence-electron chi connectivity index (χ2n) is 7.10. The molecule has 3 aromatic rings. The highest BCUT2D eigenvalue weighted by molar-refractivity contribution is 7.29. The first-order valence-electron chi connectivity index (χ1n) is 9.48. The second kappa shape index (κ2) is 8.92. The van der Waals surface area contributed by atoms with Crippen molar-refractivity contribution < 1.29 is 14.3 Å². The number of carbonyl (C=O) groups is 2. The van der Waals surface area contributed by atoms with Crippen molar-refractivity contribution in [2.45, 2.75) is 39.2 Å². The van der Waals surface area contributed by atoms with E-state index in [4.69, 9.17) is 4.74 Å². The Kier molecular flexibility index (Phi) is 6.54.